The van der Waals surface area contributed by atoms with Crippen LogP contribution < -0.4 is 16.0 Å². The van der Waals surface area contributed by atoms with E-state index in [1.54, 1.807) is 0 Å². The van der Waals surface area contributed by atoms with Crippen LogP contribution in [0.25, 0.3) is 0 Å². The Morgan fingerprint density at radius 3 is 1.65 bits per heavy atom. The van der Waals surface area contributed by atoms with Crippen molar-refractivity contribution in [2.24, 2.45) is 5.92 Å². The minimum atomic E-state index is -0.973. The van der Waals surface area contributed by atoms with E-state index in [0.29, 0.717) is 18.9 Å². The van der Waals surface area contributed by atoms with Crippen molar-refractivity contribution in [3.63, 3.8) is 0 Å². The summed E-state index contributed by atoms with van der Waals surface area (Å²) >= 11 is 0. The van der Waals surface area contributed by atoms with E-state index in [1.807, 2.05) is 0 Å². The first-order valence-corrected chi connectivity index (χ1v) is 9.49. The molecular weight excluding hydrogens is 338 g/mol. The molecule has 0 saturated heterocycles. The van der Waals surface area contributed by atoms with Gasteiger partial charge < -0.3 is 21.1 Å². The first kappa shape index (κ1) is 21.9. The highest BCUT2D eigenvalue weighted by Crippen LogP contribution is 2.27. The van der Waals surface area contributed by atoms with Crippen LogP contribution in [-0.2, 0) is 19.2 Å². The normalized spacial score (nSPS) is 14.5. The Kier molecular flexibility index (Phi) is 11.1. The Morgan fingerprint density at radius 1 is 0.692 bits per heavy atom. The molecule has 148 valence electrons. The van der Waals surface area contributed by atoms with E-state index < -0.39 is 5.97 Å². The third-order valence-corrected chi connectivity index (χ3v) is 4.51. The first-order valence-electron chi connectivity index (χ1n) is 9.49. The van der Waals surface area contributed by atoms with E-state index in [9.17, 15) is 19.2 Å². The zero-order valence-electron chi connectivity index (χ0n) is 15.3. The van der Waals surface area contributed by atoms with Crippen molar-refractivity contribution in [1.82, 2.24) is 16.0 Å². The molecule has 1 rings (SSSR count). The van der Waals surface area contributed by atoms with Gasteiger partial charge in [0.25, 0.3) is 0 Å². The highest BCUT2D eigenvalue weighted by Gasteiger charge is 2.14. The zero-order chi connectivity index (χ0) is 19.2. The topological polar surface area (TPSA) is 125 Å². The summed E-state index contributed by atoms with van der Waals surface area (Å²) in [6.45, 7) is 0.558. The quantitative estimate of drug-likeness (QED) is 0.408. The van der Waals surface area contributed by atoms with Crippen LogP contribution in [0.4, 0.5) is 0 Å². The number of nitrogens with one attached hydrogen (secondary N) is 3. The highest BCUT2D eigenvalue weighted by atomic mass is 16.4. The predicted octanol–water partition coefficient (Wildman–Crippen LogP) is 0.950. The van der Waals surface area contributed by atoms with Crippen LogP contribution in [0.1, 0.15) is 64.2 Å². The van der Waals surface area contributed by atoms with Crippen molar-refractivity contribution < 1.29 is 24.3 Å². The SMILES string of the molecule is O=C(O)CCNC(=O)CCNC(=O)CCNC(=O)CCC1CCCCC1. The van der Waals surface area contributed by atoms with Crippen LogP contribution >= 0.6 is 0 Å². The fraction of sp³-hybridized carbons (Fsp3) is 0.778. The molecule has 0 aromatic carbocycles. The van der Waals surface area contributed by atoms with Crippen molar-refractivity contribution in [1.29, 1.82) is 0 Å². The molecule has 3 amide bonds. The maximum absolute atomic E-state index is 11.8. The van der Waals surface area contributed by atoms with Gasteiger partial charge in [-0.3, -0.25) is 19.2 Å². The lowest BCUT2D eigenvalue weighted by molar-refractivity contribution is -0.137. The second-order valence-corrected chi connectivity index (χ2v) is 6.74. The van der Waals surface area contributed by atoms with Crippen LogP contribution in [0.3, 0.4) is 0 Å². The number of amides is 3. The summed E-state index contributed by atoms with van der Waals surface area (Å²) in [5.74, 6) is -0.849. The van der Waals surface area contributed by atoms with Gasteiger partial charge in [-0.15, -0.1) is 0 Å². The summed E-state index contributed by atoms with van der Waals surface area (Å²) in [7, 11) is 0. The smallest absolute Gasteiger partial charge is 0.305 e. The Bertz CT molecular complexity index is 475. The van der Waals surface area contributed by atoms with E-state index >= 15 is 0 Å². The number of carbonyl (C=O) groups is 4. The van der Waals surface area contributed by atoms with Gasteiger partial charge in [0, 0.05) is 38.9 Å². The molecular formula is C18H31N3O5. The maximum Gasteiger partial charge on any atom is 0.305 e. The van der Waals surface area contributed by atoms with Crippen molar-refractivity contribution in [2.75, 3.05) is 19.6 Å². The lowest BCUT2D eigenvalue weighted by Crippen LogP contribution is -2.34. The minimum absolute atomic E-state index is 0.0128. The highest BCUT2D eigenvalue weighted by molar-refractivity contribution is 5.80. The number of aliphatic carboxylic acids is 1. The molecule has 1 fully saturated rings. The monoisotopic (exact) mass is 369 g/mol. The standard InChI is InChI=1S/C18H31N3O5/c22-15(7-6-14-4-2-1-3-5-14)19-11-8-16(23)20-12-9-17(24)21-13-10-18(25)26/h14H,1-13H2,(H,19,22)(H,20,23)(H,21,24)(H,25,26). The molecule has 0 bridgehead atoms. The molecule has 0 aromatic rings. The molecule has 0 aromatic heterocycles. The summed E-state index contributed by atoms with van der Waals surface area (Å²) in [5.41, 5.74) is 0. The molecule has 0 heterocycles. The van der Waals surface area contributed by atoms with Gasteiger partial charge in [0.15, 0.2) is 0 Å². The van der Waals surface area contributed by atoms with Gasteiger partial charge in [-0.05, 0) is 12.3 Å². The number of carboxylic acid groups (broad SMARTS) is 1. The molecule has 0 atom stereocenters. The van der Waals surface area contributed by atoms with Gasteiger partial charge in [0.1, 0.15) is 0 Å². The average molecular weight is 369 g/mol. The number of carboxylic acids is 1. The Labute approximate surface area is 154 Å². The molecule has 1 aliphatic carbocycles. The van der Waals surface area contributed by atoms with Gasteiger partial charge in [-0.25, -0.2) is 0 Å². The Hall–Kier alpha value is -2.12. The summed E-state index contributed by atoms with van der Waals surface area (Å²) < 4.78 is 0. The zero-order valence-corrected chi connectivity index (χ0v) is 15.3. The third-order valence-electron chi connectivity index (χ3n) is 4.51. The van der Waals surface area contributed by atoms with Gasteiger partial charge in [-0.2, -0.15) is 0 Å². The van der Waals surface area contributed by atoms with Gasteiger partial charge in [0.2, 0.25) is 17.7 Å². The average Bonchev–Trinajstić information content (AvgIpc) is 2.60. The van der Waals surface area contributed by atoms with E-state index in [1.165, 1.54) is 32.1 Å². The van der Waals surface area contributed by atoms with E-state index in [-0.39, 0.29) is 50.1 Å². The fourth-order valence-electron chi connectivity index (χ4n) is 3.02. The number of hydrogen-bond acceptors (Lipinski definition) is 4. The predicted molar refractivity (Wildman–Crippen MR) is 96.3 cm³/mol. The van der Waals surface area contributed by atoms with E-state index in [4.69, 9.17) is 5.11 Å². The van der Waals surface area contributed by atoms with Crippen LogP contribution in [0.2, 0.25) is 0 Å². The molecule has 1 aliphatic rings. The van der Waals surface area contributed by atoms with Gasteiger partial charge in [-0.1, -0.05) is 32.1 Å². The van der Waals surface area contributed by atoms with Crippen LogP contribution in [0, 0.1) is 5.92 Å². The molecule has 0 unspecified atom stereocenters. The van der Waals surface area contributed by atoms with Crippen LogP contribution in [0.5, 0.6) is 0 Å². The van der Waals surface area contributed by atoms with Crippen molar-refractivity contribution >= 4 is 23.7 Å². The molecule has 4 N–H and O–H groups in total. The summed E-state index contributed by atoms with van der Waals surface area (Å²) in [4.78, 5) is 45.1. The maximum atomic E-state index is 11.8. The van der Waals surface area contributed by atoms with Crippen molar-refractivity contribution in [3.8, 4) is 0 Å². The number of hydrogen-bond donors (Lipinski definition) is 4. The third kappa shape index (κ3) is 11.4. The Morgan fingerprint density at radius 2 is 1.15 bits per heavy atom. The second-order valence-electron chi connectivity index (χ2n) is 6.74. The van der Waals surface area contributed by atoms with Crippen molar-refractivity contribution in [2.45, 2.75) is 64.2 Å². The molecule has 0 radical (unpaired) electrons. The van der Waals surface area contributed by atoms with Crippen molar-refractivity contribution in [3.05, 3.63) is 0 Å². The van der Waals surface area contributed by atoms with Gasteiger partial charge in [0.05, 0.1) is 6.42 Å². The lowest BCUT2D eigenvalue weighted by atomic mass is 9.86. The number of rotatable bonds is 12. The van der Waals surface area contributed by atoms with E-state index in [2.05, 4.69) is 16.0 Å². The Balaban J connectivity index is 1.97. The molecule has 1 saturated carbocycles. The van der Waals surface area contributed by atoms with Crippen LogP contribution in [0.15, 0.2) is 0 Å². The minimum Gasteiger partial charge on any atom is -0.481 e. The first-order chi connectivity index (χ1) is 12.5. The summed E-state index contributed by atoms with van der Waals surface area (Å²) in [6, 6.07) is 0. The molecule has 26 heavy (non-hydrogen) atoms. The lowest BCUT2D eigenvalue weighted by Gasteiger charge is -2.20. The largest absolute Gasteiger partial charge is 0.481 e. The second kappa shape index (κ2) is 13.1. The molecule has 8 heteroatoms. The number of carbonyl (C=O) groups excluding carboxylic acids is 3. The summed E-state index contributed by atoms with van der Waals surface area (Å²) in [5, 5.41) is 16.3. The summed E-state index contributed by atoms with van der Waals surface area (Å²) in [6.07, 6.45) is 7.88. The van der Waals surface area contributed by atoms with E-state index in [0.717, 1.165) is 6.42 Å². The molecule has 0 spiro atoms. The van der Waals surface area contributed by atoms with Crippen LogP contribution in [-0.4, -0.2) is 48.4 Å². The fourth-order valence-corrected chi connectivity index (χ4v) is 3.02. The molecule has 8 nitrogen and oxygen atoms in total. The van der Waals surface area contributed by atoms with Gasteiger partial charge >= 0.3 is 5.97 Å². The molecule has 0 aliphatic heterocycles.